The Labute approximate surface area is 211 Å². The van der Waals surface area contributed by atoms with Gasteiger partial charge in [-0.1, -0.05) is 30.3 Å². The molecule has 0 saturated carbocycles. The maximum Gasteiger partial charge on any atom is 0.326 e. The Kier molecular flexibility index (Phi) is 12.2. The molecular formula is C22H31N7O8. The van der Waals surface area contributed by atoms with Crippen LogP contribution < -0.4 is 38.9 Å². The van der Waals surface area contributed by atoms with Crippen LogP contribution in [-0.4, -0.2) is 70.7 Å². The molecule has 202 valence electrons. The van der Waals surface area contributed by atoms with E-state index in [9.17, 15) is 38.7 Å². The minimum absolute atomic E-state index is 0.123. The van der Waals surface area contributed by atoms with E-state index in [1.54, 1.807) is 30.3 Å². The minimum atomic E-state index is -1.71. The summed E-state index contributed by atoms with van der Waals surface area (Å²) in [5, 5.41) is 15.8. The van der Waals surface area contributed by atoms with Crippen LogP contribution in [0.15, 0.2) is 30.3 Å². The summed E-state index contributed by atoms with van der Waals surface area (Å²) in [6.45, 7) is 0. The molecule has 0 bridgehead atoms. The molecule has 1 rings (SSSR count). The van der Waals surface area contributed by atoms with Crippen molar-refractivity contribution < 1.29 is 38.7 Å². The summed E-state index contributed by atoms with van der Waals surface area (Å²) in [4.78, 5) is 83.3. The second kappa shape index (κ2) is 14.8. The fourth-order valence-corrected chi connectivity index (χ4v) is 3.15. The van der Waals surface area contributed by atoms with Crippen LogP contribution in [0.4, 0.5) is 0 Å². The fraction of sp³-hybridized carbons (Fsp3) is 0.409. The number of carbonyl (C=O) groups excluding carboxylic acids is 6. The molecule has 0 aromatic heterocycles. The molecule has 0 spiro atoms. The first-order valence-electron chi connectivity index (χ1n) is 11.1. The van der Waals surface area contributed by atoms with Gasteiger partial charge in [0.1, 0.15) is 18.1 Å². The third kappa shape index (κ3) is 11.6. The first-order chi connectivity index (χ1) is 17.3. The van der Waals surface area contributed by atoms with E-state index in [1.165, 1.54) is 0 Å². The zero-order valence-corrected chi connectivity index (χ0v) is 19.8. The maximum atomic E-state index is 12.9. The van der Waals surface area contributed by atoms with Crippen molar-refractivity contribution in [1.82, 2.24) is 16.0 Å². The molecular weight excluding hydrogens is 490 g/mol. The van der Waals surface area contributed by atoms with E-state index in [2.05, 4.69) is 10.6 Å². The SMILES string of the molecule is NC(=O)CC[C@H](NC(=O)[C@H](CC(N)=O)NC(=O)[C@@H](N)Cc1ccccc1)C(=O)N[C@@H](CC(N)=O)C(=O)O. The number of hydrogen-bond donors (Lipinski definition) is 8. The van der Waals surface area contributed by atoms with Crippen molar-refractivity contribution in [2.24, 2.45) is 22.9 Å². The Morgan fingerprint density at radius 1 is 0.703 bits per heavy atom. The first-order valence-corrected chi connectivity index (χ1v) is 11.1. The molecule has 0 aliphatic carbocycles. The highest BCUT2D eigenvalue weighted by atomic mass is 16.4. The van der Waals surface area contributed by atoms with Crippen LogP contribution in [0, 0.1) is 0 Å². The summed E-state index contributed by atoms with van der Waals surface area (Å²) in [6, 6.07) is 2.88. The lowest BCUT2D eigenvalue weighted by Gasteiger charge is -2.24. The van der Waals surface area contributed by atoms with E-state index >= 15 is 0 Å². The van der Waals surface area contributed by atoms with Crippen molar-refractivity contribution >= 4 is 41.4 Å². The number of carboxylic acids is 1. The van der Waals surface area contributed by atoms with Crippen LogP contribution >= 0.6 is 0 Å². The van der Waals surface area contributed by atoms with Crippen molar-refractivity contribution in [2.45, 2.75) is 56.3 Å². The molecule has 1 aromatic carbocycles. The zero-order chi connectivity index (χ0) is 28.1. The Morgan fingerprint density at radius 3 is 1.70 bits per heavy atom. The monoisotopic (exact) mass is 521 g/mol. The largest absolute Gasteiger partial charge is 0.480 e. The zero-order valence-electron chi connectivity index (χ0n) is 19.8. The van der Waals surface area contributed by atoms with Gasteiger partial charge in [0.05, 0.1) is 18.9 Å². The average Bonchev–Trinajstić information content (AvgIpc) is 2.80. The summed E-state index contributed by atoms with van der Waals surface area (Å²) >= 11 is 0. The van der Waals surface area contributed by atoms with E-state index in [0.717, 1.165) is 5.56 Å². The van der Waals surface area contributed by atoms with Gasteiger partial charge in [0.2, 0.25) is 35.4 Å². The van der Waals surface area contributed by atoms with Gasteiger partial charge in [-0.2, -0.15) is 0 Å². The number of benzene rings is 1. The molecule has 0 aliphatic rings. The maximum absolute atomic E-state index is 12.9. The summed E-state index contributed by atoms with van der Waals surface area (Å²) in [6.07, 6.45) is -2.02. The lowest BCUT2D eigenvalue weighted by molar-refractivity contribution is -0.144. The smallest absolute Gasteiger partial charge is 0.326 e. The van der Waals surface area contributed by atoms with E-state index < -0.39 is 78.4 Å². The van der Waals surface area contributed by atoms with Gasteiger partial charge in [0, 0.05) is 6.42 Å². The van der Waals surface area contributed by atoms with E-state index in [0.29, 0.717) is 0 Å². The molecule has 0 fully saturated rings. The minimum Gasteiger partial charge on any atom is -0.480 e. The molecule has 12 N–H and O–H groups in total. The van der Waals surface area contributed by atoms with E-state index in [4.69, 9.17) is 22.9 Å². The van der Waals surface area contributed by atoms with Gasteiger partial charge in [-0.05, 0) is 18.4 Å². The highest BCUT2D eigenvalue weighted by Gasteiger charge is 2.31. The summed E-state index contributed by atoms with van der Waals surface area (Å²) in [5.74, 6) is -7.26. The topological polar surface area (TPSA) is 280 Å². The van der Waals surface area contributed by atoms with Gasteiger partial charge in [-0.3, -0.25) is 28.8 Å². The summed E-state index contributed by atoms with van der Waals surface area (Å²) in [5.41, 5.74) is 21.9. The average molecular weight is 522 g/mol. The van der Waals surface area contributed by atoms with Gasteiger partial charge in [-0.15, -0.1) is 0 Å². The van der Waals surface area contributed by atoms with Gasteiger partial charge in [0.25, 0.3) is 0 Å². The van der Waals surface area contributed by atoms with E-state index in [-0.39, 0.29) is 19.3 Å². The number of carboxylic acid groups (broad SMARTS) is 1. The summed E-state index contributed by atoms with van der Waals surface area (Å²) < 4.78 is 0. The Hall–Kier alpha value is -4.53. The number of amides is 6. The number of carbonyl (C=O) groups is 7. The molecule has 0 saturated heterocycles. The molecule has 15 heteroatoms. The van der Waals surface area contributed by atoms with Crippen LogP contribution in [0.5, 0.6) is 0 Å². The lowest BCUT2D eigenvalue weighted by atomic mass is 10.0. The van der Waals surface area contributed by atoms with Crippen LogP contribution in [0.25, 0.3) is 0 Å². The standard InChI is InChI=1S/C22H31N7O8/c23-12(8-11-4-2-1-3-5-11)19(33)28-14(9-17(25)31)21(35)27-13(6-7-16(24)30)20(34)29-15(22(36)37)10-18(26)32/h1-5,12-15H,6-10,23H2,(H2,24,30)(H2,25,31)(H2,26,32)(H,27,35)(H,28,33)(H,29,34)(H,36,37)/t12-,13-,14-,15-/m0/s1. The number of rotatable bonds is 16. The first kappa shape index (κ1) is 30.5. The predicted octanol–water partition coefficient (Wildman–Crippen LogP) is -3.89. The lowest BCUT2D eigenvalue weighted by Crippen LogP contribution is -2.58. The molecule has 0 unspecified atom stereocenters. The highest BCUT2D eigenvalue weighted by molar-refractivity contribution is 5.96. The van der Waals surface area contributed by atoms with Crippen LogP contribution in [0.3, 0.4) is 0 Å². The molecule has 0 radical (unpaired) electrons. The third-order valence-corrected chi connectivity index (χ3v) is 5.01. The molecule has 0 heterocycles. The van der Waals surface area contributed by atoms with E-state index in [1.807, 2.05) is 5.32 Å². The van der Waals surface area contributed by atoms with Crippen molar-refractivity contribution in [1.29, 1.82) is 0 Å². The molecule has 4 atom stereocenters. The normalized spacial score (nSPS) is 13.8. The Bertz CT molecular complexity index is 1020. The third-order valence-electron chi connectivity index (χ3n) is 5.01. The number of hydrogen-bond acceptors (Lipinski definition) is 8. The molecule has 6 amide bonds. The van der Waals surface area contributed by atoms with Crippen LogP contribution in [-0.2, 0) is 40.0 Å². The van der Waals surface area contributed by atoms with Crippen LogP contribution in [0.2, 0.25) is 0 Å². The summed E-state index contributed by atoms with van der Waals surface area (Å²) in [7, 11) is 0. The quantitative estimate of drug-likeness (QED) is 0.105. The Morgan fingerprint density at radius 2 is 1.19 bits per heavy atom. The fourth-order valence-electron chi connectivity index (χ4n) is 3.15. The van der Waals surface area contributed by atoms with Gasteiger partial charge >= 0.3 is 5.97 Å². The molecule has 15 nitrogen and oxygen atoms in total. The van der Waals surface area contributed by atoms with Crippen molar-refractivity contribution in [3.05, 3.63) is 35.9 Å². The Balaban J connectivity index is 3.01. The second-order valence-electron chi connectivity index (χ2n) is 8.16. The van der Waals surface area contributed by atoms with Crippen molar-refractivity contribution in [3.63, 3.8) is 0 Å². The predicted molar refractivity (Wildman–Crippen MR) is 128 cm³/mol. The number of aliphatic carboxylic acids is 1. The highest BCUT2D eigenvalue weighted by Crippen LogP contribution is 2.05. The number of primary amides is 3. The molecule has 1 aromatic rings. The van der Waals surface area contributed by atoms with Crippen molar-refractivity contribution in [2.75, 3.05) is 0 Å². The van der Waals surface area contributed by atoms with Crippen molar-refractivity contribution in [3.8, 4) is 0 Å². The van der Waals surface area contributed by atoms with Gasteiger partial charge in [0.15, 0.2) is 0 Å². The second-order valence-corrected chi connectivity index (χ2v) is 8.16. The number of nitrogens with two attached hydrogens (primary N) is 4. The van der Waals surface area contributed by atoms with Crippen LogP contribution in [0.1, 0.15) is 31.2 Å². The molecule has 37 heavy (non-hydrogen) atoms. The molecule has 0 aliphatic heterocycles. The van der Waals surface area contributed by atoms with Gasteiger partial charge in [-0.25, -0.2) is 4.79 Å². The number of nitrogens with one attached hydrogen (secondary N) is 3. The van der Waals surface area contributed by atoms with Gasteiger partial charge < -0.3 is 44.0 Å².